The molecule has 30 heavy (non-hydrogen) atoms. The summed E-state index contributed by atoms with van der Waals surface area (Å²) in [6.45, 7) is 1.57. The number of benzene rings is 2. The van der Waals surface area contributed by atoms with Gasteiger partial charge in [0.1, 0.15) is 5.82 Å². The Morgan fingerprint density at radius 2 is 1.80 bits per heavy atom. The topological polar surface area (TPSA) is 73.0 Å². The number of amides is 4. The first-order valence-corrected chi connectivity index (χ1v) is 9.91. The molecule has 5 rings (SSSR count). The van der Waals surface area contributed by atoms with Crippen molar-refractivity contribution in [2.24, 2.45) is 5.41 Å². The van der Waals surface area contributed by atoms with Gasteiger partial charge in [0, 0.05) is 19.6 Å². The molecule has 1 spiro atoms. The van der Waals surface area contributed by atoms with Crippen molar-refractivity contribution in [2.75, 3.05) is 36.5 Å². The number of piperazine rings is 1. The normalized spacial score (nSPS) is 26.5. The van der Waals surface area contributed by atoms with E-state index >= 15 is 0 Å². The van der Waals surface area contributed by atoms with Crippen LogP contribution in [0.4, 0.5) is 20.6 Å². The van der Waals surface area contributed by atoms with Crippen LogP contribution in [0.3, 0.4) is 0 Å². The lowest BCUT2D eigenvalue weighted by Crippen LogP contribution is -2.75. The van der Waals surface area contributed by atoms with Crippen LogP contribution in [0, 0.1) is 11.2 Å². The Labute approximate surface area is 173 Å². The first-order valence-electron chi connectivity index (χ1n) is 9.91. The van der Waals surface area contributed by atoms with Gasteiger partial charge in [0.05, 0.1) is 17.4 Å². The van der Waals surface area contributed by atoms with E-state index in [-0.39, 0.29) is 12.2 Å². The largest absolute Gasteiger partial charge is 0.362 e. The molecule has 2 aromatic carbocycles. The van der Waals surface area contributed by atoms with Crippen molar-refractivity contribution in [3.8, 4) is 0 Å². The number of halogens is 1. The van der Waals surface area contributed by atoms with E-state index in [9.17, 15) is 18.8 Å². The minimum absolute atomic E-state index is 0.0381. The van der Waals surface area contributed by atoms with Gasteiger partial charge in [0.25, 0.3) is 5.91 Å². The Morgan fingerprint density at radius 3 is 2.57 bits per heavy atom. The molecule has 2 atom stereocenters. The van der Waals surface area contributed by atoms with Gasteiger partial charge in [-0.1, -0.05) is 30.3 Å². The molecule has 0 aliphatic carbocycles. The monoisotopic (exact) mass is 408 g/mol. The minimum atomic E-state index is -1.53. The van der Waals surface area contributed by atoms with Gasteiger partial charge in [-0.2, -0.15) is 0 Å². The van der Waals surface area contributed by atoms with Crippen molar-refractivity contribution in [3.63, 3.8) is 0 Å². The molecule has 3 aliphatic heterocycles. The lowest BCUT2D eigenvalue weighted by molar-refractivity contribution is -0.145. The standard InChI is InChI=1S/C22H21FN4O3/c1-25-10-11-26-17(13-25)22(12-14-6-5-9-16(23)18(14)26)19(28)24-21(30)27(20(22)29)15-7-3-2-4-8-15/h2-9,17H,10-13H2,1H3,(H,24,28,30)/t17-,22+/m1/s1. The van der Waals surface area contributed by atoms with Gasteiger partial charge < -0.3 is 9.80 Å². The van der Waals surface area contributed by atoms with E-state index in [4.69, 9.17) is 0 Å². The molecule has 0 unspecified atom stereocenters. The number of fused-ring (bicyclic) bond motifs is 4. The zero-order chi connectivity index (χ0) is 21.0. The van der Waals surface area contributed by atoms with Gasteiger partial charge in [-0.15, -0.1) is 0 Å². The summed E-state index contributed by atoms with van der Waals surface area (Å²) in [6.07, 6.45) is 0.0381. The first-order chi connectivity index (χ1) is 14.4. The summed E-state index contributed by atoms with van der Waals surface area (Å²) in [7, 11) is 1.91. The highest BCUT2D eigenvalue weighted by Crippen LogP contribution is 2.46. The van der Waals surface area contributed by atoms with Gasteiger partial charge in [0.2, 0.25) is 5.91 Å². The van der Waals surface area contributed by atoms with Crippen LogP contribution in [0.25, 0.3) is 0 Å². The molecule has 8 heteroatoms. The molecule has 4 amide bonds. The summed E-state index contributed by atoms with van der Waals surface area (Å²) in [5.41, 5.74) is -0.0848. The molecule has 0 aromatic heterocycles. The van der Waals surface area contributed by atoms with Gasteiger partial charge in [-0.05, 0) is 37.2 Å². The number of para-hydroxylation sites is 2. The van der Waals surface area contributed by atoms with Crippen LogP contribution in [0.15, 0.2) is 48.5 Å². The van der Waals surface area contributed by atoms with Crippen LogP contribution in [0.1, 0.15) is 5.56 Å². The third kappa shape index (κ3) is 2.50. The summed E-state index contributed by atoms with van der Waals surface area (Å²) in [5.74, 6) is -1.55. The number of urea groups is 1. The lowest BCUT2D eigenvalue weighted by Gasteiger charge is -2.54. The van der Waals surface area contributed by atoms with E-state index < -0.39 is 29.3 Å². The molecule has 154 valence electrons. The number of hydrogen-bond donors (Lipinski definition) is 1. The minimum Gasteiger partial charge on any atom is -0.362 e. The number of anilines is 2. The predicted octanol–water partition coefficient (Wildman–Crippen LogP) is 1.77. The van der Waals surface area contributed by atoms with Crippen molar-refractivity contribution in [1.29, 1.82) is 0 Å². The molecule has 2 saturated heterocycles. The molecule has 0 radical (unpaired) electrons. The SMILES string of the molecule is CN1CCN2c3c(F)cccc3C[C@@]3(C(=O)NC(=O)N(c4ccccc4)C3=O)[C@H]2C1. The smallest absolute Gasteiger partial charge is 0.335 e. The van der Waals surface area contributed by atoms with Crippen molar-refractivity contribution >= 4 is 29.2 Å². The quantitative estimate of drug-likeness (QED) is 0.729. The maximum Gasteiger partial charge on any atom is 0.335 e. The number of likely N-dealkylation sites (N-methyl/N-ethyl adjacent to an activating group) is 1. The molecule has 0 saturated carbocycles. The molecular formula is C22H21FN4O3. The maximum absolute atomic E-state index is 14.8. The molecule has 2 fully saturated rings. The van der Waals surface area contributed by atoms with E-state index in [0.717, 1.165) is 4.90 Å². The second kappa shape index (κ2) is 6.63. The van der Waals surface area contributed by atoms with E-state index in [1.807, 2.05) is 16.8 Å². The van der Waals surface area contributed by atoms with Crippen LogP contribution < -0.4 is 15.1 Å². The Balaban J connectivity index is 1.69. The van der Waals surface area contributed by atoms with E-state index in [2.05, 4.69) is 5.32 Å². The highest BCUT2D eigenvalue weighted by molar-refractivity contribution is 6.30. The number of carbonyl (C=O) groups excluding carboxylic acids is 3. The lowest BCUT2D eigenvalue weighted by atomic mass is 9.67. The second-order valence-electron chi connectivity index (χ2n) is 8.10. The van der Waals surface area contributed by atoms with Crippen LogP contribution in [-0.2, 0) is 16.0 Å². The summed E-state index contributed by atoms with van der Waals surface area (Å²) in [5, 5.41) is 2.40. The first kappa shape index (κ1) is 18.7. The average Bonchev–Trinajstić information content (AvgIpc) is 2.73. The number of nitrogens with zero attached hydrogens (tertiary/aromatic N) is 3. The fourth-order valence-electron chi connectivity index (χ4n) is 4.97. The highest BCUT2D eigenvalue weighted by atomic mass is 19.1. The molecule has 0 bridgehead atoms. The molecule has 3 heterocycles. The van der Waals surface area contributed by atoms with Gasteiger partial charge in [-0.3, -0.25) is 14.9 Å². The van der Waals surface area contributed by atoms with Gasteiger partial charge in [-0.25, -0.2) is 14.1 Å². The second-order valence-corrected chi connectivity index (χ2v) is 8.10. The third-order valence-corrected chi connectivity index (χ3v) is 6.41. The molecular weight excluding hydrogens is 387 g/mol. The third-order valence-electron chi connectivity index (χ3n) is 6.41. The predicted molar refractivity (Wildman–Crippen MR) is 109 cm³/mol. The summed E-state index contributed by atoms with van der Waals surface area (Å²) in [6, 6.07) is 11.9. The number of imide groups is 2. The Morgan fingerprint density at radius 1 is 1.03 bits per heavy atom. The molecule has 3 aliphatic rings. The number of hydrogen-bond acceptors (Lipinski definition) is 5. The number of nitrogens with one attached hydrogen (secondary N) is 1. The fourth-order valence-corrected chi connectivity index (χ4v) is 4.97. The summed E-state index contributed by atoms with van der Waals surface area (Å²) < 4.78 is 14.8. The van der Waals surface area contributed by atoms with E-state index in [1.54, 1.807) is 42.5 Å². The molecule has 1 N–H and O–H groups in total. The van der Waals surface area contributed by atoms with Crippen molar-refractivity contribution in [1.82, 2.24) is 10.2 Å². The average molecular weight is 408 g/mol. The van der Waals surface area contributed by atoms with E-state index in [1.165, 1.54) is 6.07 Å². The van der Waals surface area contributed by atoms with Crippen LogP contribution in [-0.4, -0.2) is 55.5 Å². The summed E-state index contributed by atoms with van der Waals surface area (Å²) in [4.78, 5) is 44.8. The Hall–Kier alpha value is -3.26. The van der Waals surface area contributed by atoms with Crippen molar-refractivity contribution in [3.05, 3.63) is 59.9 Å². The number of rotatable bonds is 1. The fraction of sp³-hybridized carbons (Fsp3) is 0.318. The summed E-state index contributed by atoms with van der Waals surface area (Å²) >= 11 is 0. The van der Waals surface area contributed by atoms with Crippen LogP contribution >= 0.6 is 0 Å². The molecule has 7 nitrogen and oxygen atoms in total. The highest BCUT2D eigenvalue weighted by Gasteiger charge is 2.63. The Kier molecular flexibility index (Phi) is 4.14. The van der Waals surface area contributed by atoms with Gasteiger partial charge in [0.15, 0.2) is 5.41 Å². The number of carbonyl (C=O) groups is 3. The zero-order valence-electron chi connectivity index (χ0n) is 16.5. The Bertz CT molecular complexity index is 1060. The zero-order valence-corrected chi connectivity index (χ0v) is 16.5. The van der Waals surface area contributed by atoms with Crippen LogP contribution in [0.5, 0.6) is 0 Å². The van der Waals surface area contributed by atoms with Crippen LogP contribution in [0.2, 0.25) is 0 Å². The maximum atomic E-state index is 14.8. The molecule has 2 aromatic rings. The van der Waals surface area contributed by atoms with Gasteiger partial charge >= 0.3 is 6.03 Å². The van der Waals surface area contributed by atoms with E-state index in [0.29, 0.717) is 36.6 Å². The van der Waals surface area contributed by atoms with Crippen molar-refractivity contribution < 1.29 is 18.8 Å². The van der Waals surface area contributed by atoms with Crippen molar-refractivity contribution in [2.45, 2.75) is 12.5 Å². The number of barbiturate groups is 1.